The summed E-state index contributed by atoms with van der Waals surface area (Å²) < 4.78 is 24.2. The second kappa shape index (κ2) is 7.33. The molecule has 1 amide bonds. The van der Waals surface area contributed by atoms with E-state index in [4.69, 9.17) is 15.0 Å². The van der Waals surface area contributed by atoms with Gasteiger partial charge in [0.25, 0.3) is 5.91 Å². The zero-order valence-corrected chi connectivity index (χ0v) is 15.2. The van der Waals surface area contributed by atoms with Crippen molar-refractivity contribution < 1.29 is 18.4 Å². The van der Waals surface area contributed by atoms with Crippen LogP contribution < -0.4 is 15.4 Å². The van der Waals surface area contributed by atoms with E-state index in [0.717, 1.165) is 12.8 Å². The van der Waals surface area contributed by atoms with Crippen molar-refractivity contribution in [2.45, 2.75) is 18.9 Å². The van der Waals surface area contributed by atoms with Crippen LogP contribution in [0.1, 0.15) is 23.2 Å². The van der Waals surface area contributed by atoms with E-state index in [1.165, 1.54) is 19.2 Å². The van der Waals surface area contributed by atoms with Crippen LogP contribution in [0.15, 0.2) is 22.7 Å². The lowest BCUT2D eigenvalue weighted by molar-refractivity contribution is 0.0715. The van der Waals surface area contributed by atoms with Crippen LogP contribution in [0.4, 0.5) is 10.2 Å². The van der Waals surface area contributed by atoms with Gasteiger partial charge in [-0.15, -0.1) is 0 Å². The third-order valence-electron chi connectivity index (χ3n) is 4.55. The van der Waals surface area contributed by atoms with E-state index in [0.29, 0.717) is 35.8 Å². The van der Waals surface area contributed by atoms with Crippen molar-refractivity contribution in [3.05, 3.63) is 29.6 Å². The van der Waals surface area contributed by atoms with Gasteiger partial charge >= 0.3 is 0 Å². The number of anilines is 1. The number of nitrogens with two attached hydrogens (primary N) is 1. The van der Waals surface area contributed by atoms with Crippen LogP contribution in [-0.4, -0.2) is 56.3 Å². The molecule has 0 spiro atoms. The summed E-state index contributed by atoms with van der Waals surface area (Å²) in [5.41, 5.74) is 6.82. The van der Waals surface area contributed by atoms with Gasteiger partial charge in [-0.1, -0.05) is 5.16 Å². The van der Waals surface area contributed by atoms with Gasteiger partial charge in [-0.25, -0.2) is 4.39 Å². The summed E-state index contributed by atoms with van der Waals surface area (Å²) in [5.74, 6) is 0.157. The average Bonchev–Trinajstić information content (AvgIpc) is 3.07. The number of nitrogens with zero attached hydrogens (tertiary/aromatic N) is 3. The summed E-state index contributed by atoms with van der Waals surface area (Å²) in [6.07, 6.45) is 1.52. The highest BCUT2D eigenvalue weighted by atomic mass is 19.1. The maximum atomic E-state index is 13.7. The molecule has 2 heterocycles. The first kappa shape index (κ1) is 18.2. The Morgan fingerprint density at radius 3 is 2.69 bits per heavy atom. The Morgan fingerprint density at radius 2 is 2.08 bits per heavy atom. The lowest BCUT2D eigenvalue weighted by Gasteiger charge is -2.30. The van der Waals surface area contributed by atoms with Crippen LogP contribution in [0.5, 0.6) is 5.75 Å². The summed E-state index contributed by atoms with van der Waals surface area (Å²) >= 11 is 0. The highest BCUT2D eigenvalue weighted by Gasteiger charge is 2.31. The molecule has 0 saturated carbocycles. The van der Waals surface area contributed by atoms with E-state index < -0.39 is 5.82 Å². The van der Waals surface area contributed by atoms with Gasteiger partial charge in [0, 0.05) is 38.8 Å². The summed E-state index contributed by atoms with van der Waals surface area (Å²) in [5, 5.41) is 4.04. The highest BCUT2D eigenvalue weighted by Crippen LogP contribution is 2.34. The van der Waals surface area contributed by atoms with Gasteiger partial charge in [-0.05, 0) is 31.0 Å². The Bertz CT molecular complexity index is 798. The van der Waals surface area contributed by atoms with Crippen LogP contribution in [0.25, 0.3) is 11.3 Å². The molecule has 0 unspecified atom stereocenters. The number of methoxy groups -OCH3 is 1. The van der Waals surface area contributed by atoms with Crippen molar-refractivity contribution in [3.63, 3.8) is 0 Å². The fourth-order valence-corrected chi connectivity index (χ4v) is 3.04. The Kier molecular flexibility index (Phi) is 5.13. The monoisotopic (exact) mass is 362 g/mol. The third-order valence-corrected chi connectivity index (χ3v) is 4.55. The number of benzene rings is 1. The molecular weight excluding hydrogens is 339 g/mol. The fraction of sp³-hybridized carbons (Fsp3) is 0.444. The Labute approximate surface area is 151 Å². The molecule has 1 fully saturated rings. The Morgan fingerprint density at radius 1 is 1.38 bits per heavy atom. The molecule has 1 saturated heterocycles. The quantitative estimate of drug-likeness (QED) is 0.897. The van der Waals surface area contributed by atoms with Crippen molar-refractivity contribution in [2.24, 2.45) is 5.73 Å². The number of amides is 1. The number of halogens is 1. The van der Waals surface area contributed by atoms with Crippen molar-refractivity contribution >= 4 is 11.7 Å². The first-order chi connectivity index (χ1) is 12.4. The first-order valence-corrected chi connectivity index (χ1v) is 8.48. The topological polar surface area (TPSA) is 84.8 Å². The number of carbonyl (C=O) groups excluding carboxylic acids is 1. The number of aromatic nitrogens is 1. The Balaban J connectivity index is 2.03. The minimum atomic E-state index is -0.485. The normalized spacial score (nSPS) is 15.2. The standard InChI is InChI=1S/C18H23FN4O3/c1-22(2)17-15(18(24)23-8-6-12(20)7-9-23)16(26-21-17)11-4-5-13(19)14(10-11)25-3/h4-5,10,12H,6-9,20H2,1-3H3. The van der Waals surface area contributed by atoms with Gasteiger partial charge in [0.1, 0.15) is 5.56 Å². The Hall–Kier alpha value is -2.61. The summed E-state index contributed by atoms with van der Waals surface area (Å²) in [6.45, 7) is 1.18. The van der Waals surface area contributed by atoms with Gasteiger partial charge in [0.15, 0.2) is 23.1 Å². The van der Waals surface area contributed by atoms with Gasteiger partial charge in [-0.3, -0.25) is 4.79 Å². The van der Waals surface area contributed by atoms with Crippen LogP contribution >= 0.6 is 0 Å². The van der Waals surface area contributed by atoms with Gasteiger partial charge in [0.05, 0.1) is 7.11 Å². The minimum absolute atomic E-state index is 0.0765. The number of likely N-dealkylation sites (tertiary alicyclic amines) is 1. The lowest BCUT2D eigenvalue weighted by atomic mass is 10.0. The molecule has 0 aliphatic carbocycles. The molecule has 1 aromatic carbocycles. The molecule has 1 aliphatic rings. The van der Waals surface area contributed by atoms with Crippen molar-refractivity contribution in [2.75, 3.05) is 39.2 Å². The maximum Gasteiger partial charge on any atom is 0.261 e. The molecule has 2 aromatic rings. The zero-order valence-electron chi connectivity index (χ0n) is 15.2. The van der Waals surface area contributed by atoms with E-state index in [1.807, 2.05) is 0 Å². The maximum absolute atomic E-state index is 13.7. The van der Waals surface area contributed by atoms with Gasteiger partial charge < -0.3 is 24.8 Å². The van der Waals surface area contributed by atoms with Crippen LogP contribution in [-0.2, 0) is 0 Å². The molecule has 0 bridgehead atoms. The average molecular weight is 362 g/mol. The van der Waals surface area contributed by atoms with Gasteiger partial charge in [-0.2, -0.15) is 0 Å². The second-order valence-corrected chi connectivity index (χ2v) is 6.58. The van der Waals surface area contributed by atoms with Crippen molar-refractivity contribution in [3.8, 4) is 17.1 Å². The molecule has 3 rings (SSSR count). The van der Waals surface area contributed by atoms with Crippen LogP contribution in [0, 0.1) is 5.82 Å². The molecule has 0 radical (unpaired) electrons. The van der Waals surface area contributed by atoms with Gasteiger partial charge in [0.2, 0.25) is 0 Å². The molecule has 26 heavy (non-hydrogen) atoms. The second-order valence-electron chi connectivity index (χ2n) is 6.58. The number of piperidine rings is 1. The molecule has 1 aliphatic heterocycles. The smallest absolute Gasteiger partial charge is 0.261 e. The molecule has 8 heteroatoms. The molecule has 140 valence electrons. The summed E-state index contributed by atoms with van der Waals surface area (Å²) in [6, 6.07) is 4.44. The van der Waals surface area contributed by atoms with E-state index in [9.17, 15) is 9.18 Å². The number of hydrogen-bond donors (Lipinski definition) is 1. The van der Waals surface area contributed by atoms with Crippen LogP contribution in [0.2, 0.25) is 0 Å². The zero-order chi connectivity index (χ0) is 18.8. The molecule has 1 aromatic heterocycles. The van der Waals surface area contributed by atoms with E-state index in [2.05, 4.69) is 5.16 Å². The first-order valence-electron chi connectivity index (χ1n) is 8.48. The van der Waals surface area contributed by atoms with E-state index in [-0.39, 0.29) is 17.7 Å². The van der Waals surface area contributed by atoms with E-state index in [1.54, 1.807) is 30.0 Å². The predicted octanol–water partition coefficient (Wildman–Crippen LogP) is 2.12. The van der Waals surface area contributed by atoms with Crippen molar-refractivity contribution in [1.29, 1.82) is 0 Å². The fourth-order valence-electron chi connectivity index (χ4n) is 3.04. The molecular formula is C18H23FN4O3. The van der Waals surface area contributed by atoms with Crippen LogP contribution in [0.3, 0.4) is 0 Å². The number of hydrogen-bond acceptors (Lipinski definition) is 6. The molecule has 0 atom stereocenters. The van der Waals surface area contributed by atoms with E-state index >= 15 is 0 Å². The third kappa shape index (κ3) is 3.37. The summed E-state index contributed by atoms with van der Waals surface area (Å²) in [4.78, 5) is 16.6. The number of ether oxygens (including phenoxy) is 1. The van der Waals surface area contributed by atoms with Crippen molar-refractivity contribution in [1.82, 2.24) is 10.1 Å². The largest absolute Gasteiger partial charge is 0.494 e. The highest BCUT2D eigenvalue weighted by molar-refractivity contribution is 6.04. The predicted molar refractivity (Wildman–Crippen MR) is 95.9 cm³/mol. The molecule has 7 nitrogen and oxygen atoms in total. The summed E-state index contributed by atoms with van der Waals surface area (Å²) in [7, 11) is 4.96. The minimum Gasteiger partial charge on any atom is -0.494 e. The number of rotatable bonds is 4. The lowest BCUT2D eigenvalue weighted by Crippen LogP contribution is -2.43. The SMILES string of the molecule is COc1cc(-c2onc(N(C)C)c2C(=O)N2CCC(N)CC2)ccc1F. The molecule has 2 N–H and O–H groups in total. The number of carbonyl (C=O) groups is 1.